The minimum absolute atomic E-state index is 0.00808. The largest absolute Gasteiger partial charge is 0.458 e. The van der Waals surface area contributed by atoms with Crippen LogP contribution >= 0.6 is 0 Å². The maximum absolute atomic E-state index is 12.1. The van der Waals surface area contributed by atoms with Gasteiger partial charge in [0.2, 0.25) is 0 Å². The molecule has 7 rings (SSSR count). The highest BCUT2D eigenvalue weighted by atomic mass is 16.7. The molecule has 5 fully saturated rings. The molecule has 7 aliphatic rings. The third kappa shape index (κ3) is 1.14. The second kappa shape index (κ2) is 3.79. The molecule has 3 saturated heterocycles. The zero-order valence-corrected chi connectivity index (χ0v) is 15.3. The van der Waals surface area contributed by atoms with E-state index < -0.39 is 22.9 Å². The maximum Gasteiger partial charge on any atom is 0.334 e. The molecule has 0 aromatic carbocycles. The fraction of sp³-hybridized carbons (Fsp3) is 0.850. The van der Waals surface area contributed by atoms with Crippen molar-refractivity contribution >= 4 is 5.97 Å². The molecule has 4 aliphatic heterocycles. The Morgan fingerprint density at radius 1 is 1.19 bits per heavy atom. The first-order valence-electron chi connectivity index (χ1n) is 9.95. The van der Waals surface area contributed by atoms with E-state index >= 15 is 0 Å². The molecular formula is C20H24O6. The summed E-state index contributed by atoms with van der Waals surface area (Å²) < 4.78 is 24.3. The van der Waals surface area contributed by atoms with Crippen molar-refractivity contribution in [1.82, 2.24) is 0 Å². The van der Waals surface area contributed by atoms with Crippen LogP contribution in [0.25, 0.3) is 0 Å². The van der Waals surface area contributed by atoms with Gasteiger partial charge in [-0.15, -0.1) is 0 Å². The number of carbonyl (C=O) groups excluding carboxylic acids is 1. The predicted molar refractivity (Wildman–Crippen MR) is 87.1 cm³/mol. The van der Waals surface area contributed by atoms with Crippen LogP contribution in [-0.2, 0) is 23.7 Å². The highest BCUT2D eigenvalue weighted by molar-refractivity contribution is 5.92. The molecule has 6 nitrogen and oxygen atoms in total. The molecule has 1 N–H and O–H groups in total. The van der Waals surface area contributed by atoms with Crippen LogP contribution in [-0.4, -0.2) is 58.9 Å². The molecule has 4 heterocycles. The summed E-state index contributed by atoms with van der Waals surface area (Å²) in [5.41, 5.74) is 0.230. The van der Waals surface area contributed by atoms with E-state index in [1.165, 1.54) is 0 Å². The van der Waals surface area contributed by atoms with Gasteiger partial charge < -0.3 is 24.1 Å². The Morgan fingerprint density at radius 2 is 2.00 bits per heavy atom. The molecule has 0 amide bonds. The average molecular weight is 360 g/mol. The molecule has 6 heteroatoms. The number of fused-ring (bicyclic) bond motifs is 4. The summed E-state index contributed by atoms with van der Waals surface area (Å²) >= 11 is 0. The van der Waals surface area contributed by atoms with Crippen LogP contribution in [0.4, 0.5) is 0 Å². The van der Waals surface area contributed by atoms with Crippen LogP contribution < -0.4 is 0 Å². The Hall–Kier alpha value is -0.950. The number of aliphatic hydroxyl groups excluding tert-OH is 1. The van der Waals surface area contributed by atoms with Gasteiger partial charge in [-0.25, -0.2) is 4.79 Å². The van der Waals surface area contributed by atoms with Crippen LogP contribution in [0, 0.1) is 17.3 Å². The van der Waals surface area contributed by atoms with Gasteiger partial charge in [-0.1, -0.05) is 20.8 Å². The van der Waals surface area contributed by atoms with Crippen molar-refractivity contribution in [2.75, 3.05) is 6.61 Å². The normalized spacial score (nSPS) is 63.1. The molecule has 0 aromatic rings. The van der Waals surface area contributed by atoms with E-state index in [4.69, 9.17) is 18.9 Å². The third-order valence-electron chi connectivity index (χ3n) is 9.10. The molecule has 0 bridgehead atoms. The molecule has 3 aliphatic carbocycles. The van der Waals surface area contributed by atoms with Crippen LogP contribution in [0.2, 0.25) is 0 Å². The van der Waals surface area contributed by atoms with Gasteiger partial charge in [0.25, 0.3) is 0 Å². The Kier molecular flexibility index (Phi) is 2.19. The summed E-state index contributed by atoms with van der Waals surface area (Å²) in [5, 5.41) is 11.4. The molecule has 140 valence electrons. The van der Waals surface area contributed by atoms with E-state index in [9.17, 15) is 9.90 Å². The van der Waals surface area contributed by atoms with Gasteiger partial charge in [0.15, 0.2) is 5.60 Å². The summed E-state index contributed by atoms with van der Waals surface area (Å²) in [6.07, 6.45) is 1.71. The number of hydrogen-bond acceptors (Lipinski definition) is 6. The van der Waals surface area contributed by atoms with E-state index in [1.807, 2.05) is 0 Å². The van der Waals surface area contributed by atoms with Gasteiger partial charge in [0, 0.05) is 11.0 Å². The molecule has 0 aromatic heterocycles. The number of carbonyl (C=O) groups is 1. The lowest BCUT2D eigenvalue weighted by molar-refractivity contribution is -0.136. The van der Waals surface area contributed by atoms with Gasteiger partial charge in [-0.2, -0.15) is 0 Å². The van der Waals surface area contributed by atoms with E-state index in [-0.39, 0.29) is 41.5 Å². The first kappa shape index (κ1) is 15.0. The molecule has 2 saturated carbocycles. The van der Waals surface area contributed by atoms with Crippen molar-refractivity contribution in [2.24, 2.45) is 17.3 Å². The van der Waals surface area contributed by atoms with Gasteiger partial charge in [0.05, 0.1) is 6.10 Å². The van der Waals surface area contributed by atoms with Crippen molar-refractivity contribution in [2.45, 2.75) is 81.3 Å². The van der Waals surface area contributed by atoms with Gasteiger partial charge in [-0.05, 0) is 36.7 Å². The van der Waals surface area contributed by atoms with Gasteiger partial charge >= 0.3 is 5.97 Å². The van der Waals surface area contributed by atoms with Gasteiger partial charge in [-0.3, -0.25) is 0 Å². The number of ether oxygens (including phenoxy) is 4. The number of hydrogen-bond donors (Lipinski definition) is 1. The topological polar surface area (TPSA) is 84.1 Å². The minimum atomic E-state index is -0.654. The second-order valence-electron chi connectivity index (χ2n) is 9.91. The summed E-state index contributed by atoms with van der Waals surface area (Å²) in [6.45, 7) is 6.91. The quantitative estimate of drug-likeness (QED) is 0.557. The Labute approximate surface area is 151 Å². The summed E-state index contributed by atoms with van der Waals surface area (Å²) in [4.78, 5) is 12.1. The van der Waals surface area contributed by atoms with Crippen LogP contribution in [0.15, 0.2) is 11.1 Å². The Balaban J connectivity index is 1.39. The van der Waals surface area contributed by atoms with Crippen molar-refractivity contribution in [1.29, 1.82) is 0 Å². The second-order valence-corrected chi connectivity index (χ2v) is 9.91. The zero-order chi connectivity index (χ0) is 17.9. The van der Waals surface area contributed by atoms with Gasteiger partial charge in [0.1, 0.15) is 36.1 Å². The molecule has 3 unspecified atom stereocenters. The van der Waals surface area contributed by atoms with Crippen molar-refractivity contribution in [3.05, 3.63) is 11.1 Å². The third-order valence-corrected chi connectivity index (χ3v) is 9.10. The first-order chi connectivity index (χ1) is 12.3. The van der Waals surface area contributed by atoms with Crippen molar-refractivity contribution < 1.29 is 28.8 Å². The Morgan fingerprint density at radius 3 is 2.77 bits per heavy atom. The number of esters is 1. The fourth-order valence-corrected chi connectivity index (χ4v) is 7.70. The number of epoxide rings is 3. The van der Waals surface area contributed by atoms with E-state index in [0.717, 1.165) is 30.4 Å². The molecular weight excluding hydrogens is 336 g/mol. The molecule has 26 heavy (non-hydrogen) atoms. The highest BCUT2D eigenvalue weighted by Crippen LogP contribution is 2.82. The highest BCUT2D eigenvalue weighted by Gasteiger charge is 3.00. The molecule has 9 atom stereocenters. The average Bonchev–Trinajstić information content (AvgIpc) is 3.47. The van der Waals surface area contributed by atoms with Crippen LogP contribution in [0.1, 0.15) is 40.0 Å². The first-order valence-corrected chi connectivity index (χ1v) is 9.95. The number of aliphatic hydroxyl groups is 1. The molecule has 2 spiro atoms. The lowest BCUT2D eigenvalue weighted by atomic mass is 9.46. The van der Waals surface area contributed by atoms with Crippen LogP contribution in [0.5, 0.6) is 0 Å². The fourth-order valence-electron chi connectivity index (χ4n) is 7.70. The summed E-state index contributed by atoms with van der Waals surface area (Å²) in [5.74, 6) is 0.297. The summed E-state index contributed by atoms with van der Waals surface area (Å²) in [6, 6.07) is 0. The van der Waals surface area contributed by atoms with Crippen molar-refractivity contribution in [3.8, 4) is 0 Å². The van der Waals surface area contributed by atoms with Crippen molar-refractivity contribution in [3.63, 3.8) is 0 Å². The van der Waals surface area contributed by atoms with E-state index in [2.05, 4.69) is 20.8 Å². The Bertz CT molecular complexity index is 819. The smallest absolute Gasteiger partial charge is 0.334 e. The monoisotopic (exact) mass is 360 g/mol. The maximum atomic E-state index is 12.1. The molecule has 0 radical (unpaired) electrons. The predicted octanol–water partition coefficient (Wildman–Crippen LogP) is 1.10. The lowest BCUT2D eigenvalue weighted by Gasteiger charge is -2.53. The van der Waals surface area contributed by atoms with E-state index in [0.29, 0.717) is 6.61 Å². The zero-order valence-electron chi connectivity index (χ0n) is 15.3. The number of rotatable bonds is 1. The SMILES string of the molecule is CC(C)[C@]12OC1C1O[C@]13[C@]1(O[C@H]1CC1C4=C(CC[C@@]13C)C(=O)OC4)[C@@H]2O. The minimum Gasteiger partial charge on any atom is -0.458 e. The number of cyclic esters (lactones) is 1. The lowest BCUT2D eigenvalue weighted by Crippen LogP contribution is -2.69. The summed E-state index contributed by atoms with van der Waals surface area (Å²) in [7, 11) is 0. The standard InChI is InChI=1S/C20H24O6/c1-8(2)18-13(25-18)14-20(26-14)17(3)5-4-9-10(7-23-15(9)21)11(17)6-12-19(20,24-12)16(18)22/h8,11-14,16,22H,4-7H2,1-3H3/t11?,12-,13?,14?,16+,17-,18-,19+,20+/m0/s1. The van der Waals surface area contributed by atoms with E-state index in [1.54, 1.807) is 0 Å². The van der Waals surface area contributed by atoms with Crippen LogP contribution in [0.3, 0.4) is 0 Å².